The molecule has 1 aromatic carbocycles. The standard InChI is InChI=1S/C11H9BrFN3O/c1-17-9-4-7(2-3-8(9)12)16-11-5-10(13)14-6-15-11/h2-6H,1H3,(H,14,15,16). The van der Waals surface area contributed by atoms with Gasteiger partial charge in [-0.1, -0.05) is 0 Å². The van der Waals surface area contributed by atoms with Gasteiger partial charge in [-0.25, -0.2) is 9.97 Å². The number of aromatic nitrogens is 2. The summed E-state index contributed by atoms with van der Waals surface area (Å²) in [5.74, 6) is 0.498. The number of halogens is 2. The first-order chi connectivity index (χ1) is 8.19. The number of ether oxygens (including phenoxy) is 1. The van der Waals surface area contributed by atoms with E-state index in [4.69, 9.17) is 4.74 Å². The van der Waals surface area contributed by atoms with E-state index in [1.165, 1.54) is 6.07 Å². The lowest BCUT2D eigenvalue weighted by Crippen LogP contribution is -1.96. The number of rotatable bonds is 3. The summed E-state index contributed by atoms with van der Waals surface area (Å²) in [5.41, 5.74) is 0.753. The summed E-state index contributed by atoms with van der Waals surface area (Å²) in [6.07, 6.45) is 1.16. The van der Waals surface area contributed by atoms with Crippen LogP contribution in [0.4, 0.5) is 15.9 Å². The lowest BCUT2D eigenvalue weighted by atomic mass is 10.3. The molecule has 0 amide bonds. The Morgan fingerprint density at radius 3 is 2.82 bits per heavy atom. The van der Waals surface area contributed by atoms with Gasteiger partial charge in [-0.2, -0.15) is 4.39 Å². The van der Waals surface area contributed by atoms with Crippen molar-refractivity contribution in [2.75, 3.05) is 12.4 Å². The summed E-state index contributed by atoms with van der Waals surface area (Å²) in [6.45, 7) is 0. The second-order valence-electron chi connectivity index (χ2n) is 3.20. The van der Waals surface area contributed by atoms with E-state index in [2.05, 4.69) is 31.2 Å². The molecule has 1 aromatic heterocycles. The molecule has 0 spiro atoms. The molecule has 0 aliphatic rings. The Morgan fingerprint density at radius 2 is 2.12 bits per heavy atom. The quantitative estimate of drug-likeness (QED) is 0.884. The van der Waals surface area contributed by atoms with Crippen LogP contribution in [0.25, 0.3) is 0 Å². The maximum atomic E-state index is 12.9. The Labute approximate surface area is 106 Å². The van der Waals surface area contributed by atoms with Crippen LogP contribution in [-0.4, -0.2) is 17.1 Å². The molecule has 2 aromatic rings. The third kappa shape index (κ3) is 2.91. The second-order valence-corrected chi connectivity index (χ2v) is 4.05. The molecule has 88 valence electrons. The van der Waals surface area contributed by atoms with Crippen LogP contribution in [-0.2, 0) is 0 Å². The SMILES string of the molecule is COc1cc(Nc2cc(F)ncn2)ccc1Br. The molecule has 0 saturated heterocycles. The summed E-state index contributed by atoms with van der Waals surface area (Å²) >= 11 is 3.35. The van der Waals surface area contributed by atoms with E-state index >= 15 is 0 Å². The molecule has 6 heteroatoms. The van der Waals surface area contributed by atoms with Gasteiger partial charge in [0.2, 0.25) is 5.95 Å². The molecule has 1 N–H and O–H groups in total. The molecule has 0 atom stereocenters. The minimum absolute atomic E-state index is 0.391. The molecule has 0 bridgehead atoms. The first-order valence-electron chi connectivity index (χ1n) is 4.77. The lowest BCUT2D eigenvalue weighted by molar-refractivity contribution is 0.412. The van der Waals surface area contributed by atoms with Crippen molar-refractivity contribution in [3.8, 4) is 5.75 Å². The zero-order chi connectivity index (χ0) is 12.3. The topological polar surface area (TPSA) is 47.0 Å². The molecule has 0 radical (unpaired) electrons. The summed E-state index contributed by atoms with van der Waals surface area (Å²) in [5, 5.41) is 2.95. The first-order valence-corrected chi connectivity index (χ1v) is 5.56. The molecule has 4 nitrogen and oxygen atoms in total. The van der Waals surface area contributed by atoms with E-state index < -0.39 is 5.95 Å². The maximum absolute atomic E-state index is 12.9. The molecule has 0 unspecified atom stereocenters. The third-order valence-corrected chi connectivity index (χ3v) is 2.71. The predicted octanol–water partition coefficient (Wildman–Crippen LogP) is 3.13. The normalized spacial score (nSPS) is 10.1. The Kier molecular flexibility index (Phi) is 3.53. The van der Waals surface area contributed by atoms with Crippen LogP contribution in [0.15, 0.2) is 35.1 Å². The van der Waals surface area contributed by atoms with Crippen LogP contribution >= 0.6 is 15.9 Å². The number of hydrogen-bond acceptors (Lipinski definition) is 4. The minimum atomic E-state index is -0.577. The van der Waals surface area contributed by atoms with Gasteiger partial charge in [-0.3, -0.25) is 0 Å². The van der Waals surface area contributed by atoms with Gasteiger partial charge in [0.1, 0.15) is 17.9 Å². The summed E-state index contributed by atoms with van der Waals surface area (Å²) < 4.78 is 18.9. The largest absolute Gasteiger partial charge is 0.495 e. The van der Waals surface area contributed by atoms with Crippen molar-refractivity contribution < 1.29 is 9.13 Å². The third-order valence-electron chi connectivity index (χ3n) is 2.06. The molecular weight excluding hydrogens is 289 g/mol. The van der Waals surface area contributed by atoms with Crippen LogP contribution in [0.5, 0.6) is 5.75 Å². The Bertz CT molecular complexity index is 536. The molecule has 0 aliphatic carbocycles. The summed E-state index contributed by atoms with van der Waals surface area (Å²) in [6, 6.07) is 6.66. The van der Waals surface area contributed by atoms with E-state index in [0.29, 0.717) is 11.6 Å². The number of methoxy groups -OCH3 is 1. The van der Waals surface area contributed by atoms with E-state index in [1.54, 1.807) is 13.2 Å². The smallest absolute Gasteiger partial charge is 0.218 e. The molecule has 2 rings (SSSR count). The highest BCUT2D eigenvalue weighted by atomic mass is 79.9. The first kappa shape index (κ1) is 11.8. The highest BCUT2D eigenvalue weighted by molar-refractivity contribution is 9.10. The van der Waals surface area contributed by atoms with Crippen LogP contribution < -0.4 is 10.1 Å². The van der Waals surface area contributed by atoms with Crippen molar-refractivity contribution in [2.24, 2.45) is 0 Å². The Balaban J connectivity index is 2.24. The van der Waals surface area contributed by atoms with Gasteiger partial charge in [0, 0.05) is 17.8 Å². The minimum Gasteiger partial charge on any atom is -0.495 e. The van der Waals surface area contributed by atoms with Gasteiger partial charge in [0.25, 0.3) is 0 Å². The second kappa shape index (κ2) is 5.09. The van der Waals surface area contributed by atoms with Crippen molar-refractivity contribution in [2.45, 2.75) is 0 Å². The van der Waals surface area contributed by atoms with E-state index in [1.807, 2.05) is 12.1 Å². The average Bonchev–Trinajstić information content (AvgIpc) is 2.32. The highest BCUT2D eigenvalue weighted by Gasteiger charge is 2.03. The van der Waals surface area contributed by atoms with Gasteiger partial charge < -0.3 is 10.1 Å². The molecule has 0 fully saturated rings. The number of nitrogens with one attached hydrogen (secondary N) is 1. The molecule has 0 saturated carbocycles. The zero-order valence-corrected chi connectivity index (χ0v) is 10.5. The molecule has 1 heterocycles. The van der Waals surface area contributed by atoms with Crippen molar-refractivity contribution in [1.29, 1.82) is 0 Å². The van der Waals surface area contributed by atoms with Crippen LogP contribution in [0.1, 0.15) is 0 Å². The van der Waals surface area contributed by atoms with Crippen LogP contribution in [0.2, 0.25) is 0 Å². The van der Waals surface area contributed by atoms with Gasteiger partial charge in [0.15, 0.2) is 0 Å². The van der Waals surface area contributed by atoms with Crippen molar-refractivity contribution in [3.63, 3.8) is 0 Å². The predicted molar refractivity (Wildman–Crippen MR) is 66.0 cm³/mol. The number of benzene rings is 1. The average molecular weight is 298 g/mol. The number of hydrogen-bond donors (Lipinski definition) is 1. The molecule has 0 aliphatic heterocycles. The highest BCUT2D eigenvalue weighted by Crippen LogP contribution is 2.28. The van der Waals surface area contributed by atoms with E-state index in [-0.39, 0.29) is 0 Å². The van der Waals surface area contributed by atoms with E-state index in [9.17, 15) is 4.39 Å². The summed E-state index contributed by atoms with van der Waals surface area (Å²) in [7, 11) is 1.58. The van der Waals surface area contributed by atoms with Crippen molar-refractivity contribution in [3.05, 3.63) is 41.0 Å². The fraction of sp³-hybridized carbons (Fsp3) is 0.0909. The fourth-order valence-electron chi connectivity index (χ4n) is 1.29. The van der Waals surface area contributed by atoms with Crippen LogP contribution in [0.3, 0.4) is 0 Å². The monoisotopic (exact) mass is 297 g/mol. The number of anilines is 2. The van der Waals surface area contributed by atoms with Crippen molar-refractivity contribution in [1.82, 2.24) is 9.97 Å². The van der Waals surface area contributed by atoms with Gasteiger partial charge in [-0.15, -0.1) is 0 Å². The summed E-state index contributed by atoms with van der Waals surface area (Å²) in [4.78, 5) is 7.28. The van der Waals surface area contributed by atoms with Gasteiger partial charge >= 0.3 is 0 Å². The zero-order valence-electron chi connectivity index (χ0n) is 8.95. The van der Waals surface area contributed by atoms with Gasteiger partial charge in [0.05, 0.1) is 11.6 Å². The maximum Gasteiger partial charge on any atom is 0.218 e. The van der Waals surface area contributed by atoms with E-state index in [0.717, 1.165) is 16.5 Å². The Morgan fingerprint density at radius 1 is 1.29 bits per heavy atom. The van der Waals surface area contributed by atoms with Gasteiger partial charge in [-0.05, 0) is 28.1 Å². The number of nitrogens with zero attached hydrogens (tertiary/aromatic N) is 2. The van der Waals surface area contributed by atoms with Crippen LogP contribution in [0, 0.1) is 5.95 Å². The molecule has 17 heavy (non-hydrogen) atoms. The Hall–Kier alpha value is -1.69. The molecular formula is C11H9BrFN3O. The fourth-order valence-corrected chi connectivity index (χ4v) is 1.70. The van der Waals surface area contributed by atoms with Crippen molar-refractivity contribution >= 4 is 27.4 Å². The lowest BCUT2D eigenvalue weighted by Gasteiger charge is -2.08.